The summed E-state index contributed by atoms with van der Waals surface area (Å²) in [6, 6.07) is 6.12. The Kier molecular flexibility index (Phi) is 2.61. The van der Waals surface area contributed by atoms with E-state index in [9.17, 15) is 0 Å². The molecule has 1 nitrogen and oxygen atoms in total. The summed E-state index contributed by atoms with van der Waals surface area (Å²) in [5, 5.41) is 4.20. The van der Waals surface area contributed by atoms with Crippen molar-refractivity contribution >= 4 is 33.0 Å². The number of anilines is 1. The molecular weight excluding hydrogens is 258 g/mol. The summed E-state index contributed by atoms with van der Waals surface area (Å²) < 4.78 is 1.13. The number of hydrogen-bond donors (Lipinski definition) is 1. The highest BCUT2D eigenvalue weighted by Crippen LogP contribution is 2.33. The van der Waals surface area contributed by atoms with Crippen LogP contribution < -0.4 is 5.73 Å². The van der Waals surface area contributed by atoms with E-state index in [0.29, 0.717) is 0 Å². The van der Waals surface area contributed by atoms with Crippen LogP contribution in [-0.4, -0.2) is 0 Å². The number of benzene rings is 1. The molecule has 0 aliphatic heterocycles. The van der Waals surface area contributed by atoms with Crippen LogP contribution >= 0.6 is 27.3 Å². The third-order valence-electron chi connectivity index (χ3n) is 2.03. The molecule has 2 N–H and O–H groups in total. The average molecular weight is 268 g/mol. The van der Waals surface area contributed by atoms with Gasteiger partial charge in [-0.05, 0) is 51.5 Å². The van der Waals surface area contributed by atoms with Gasteiger partial charge < -0.3 is 5.73 Å². The Balaban J connectivity index is 2.57. The fourth-order valence-electron chi connectivity index (χ4n) is 1.46. The Labute approximate surface area is 95.7 Å². The van der Waals surface area contributed by atoms with E-state index in [-0.39, 0.29) is 0 Å². The summed E-state index contributed by atoms with van der Waals surface area (Å²) in [6.07, 6.45) is 0. The van der Waals surface area contributed by atoms with Crippen molar-refractivity contribution in [3.05, 3.63) is 39.0 Å². The molecule has 3 heteroatoms. The standard InChI is InChI=1S/C11H10BrNS/c1-7-2-8(4-9(13)3-7)10-5-14-6-11(10)12/h2-6H,13H2,1H3. The molecule has 0 aliphatic carbocycles. The summed E-state index contributed by atoms with van der Waals surface area (Å²) in [5.41, 5.74) is 10.2. The Bertz CT molecular complexity index is 442. The quantitative estimate of drug-likeness (QED) is 0.775. The number of halogens is 1. The van der Waals surface area contributed by atoms with Gasteiger partial charge >= 0.3 is 0 Å². The van der Waals surface area contributed by atoms with E-state index in [1.807, 2.05) is 12.1 Å². The monoisotopic (exact) mass is 267 g/mol. The van der Waals surface area contributed by atoms with E-state index in [1.165, 1.54) is 16.7 Å². The third kappa shape index (κ3) is 1.83. The molecule has 0 amide bonds. The molecule has 0 aliphatic rings. The maximum atomic E-state index is 5.80. The van der Waals surface area contributed by atoms with Gasteiger partial charge in [0.1, 0.15) is 0 Å². The van der Waals surface area contributed by atoms with E-state index in [2.05, 4.69) is 39.7 Å². The van der Waals surface area contributed by atoms with Crippen molar-refractivity contribution in [1.82, 2.24) is 0 Å². The zero-order valence-electron chi connectivity index (χ0n) is 7.75. The highest BCUT2D eigenvalue weighted by Gasteiger charge is 2.04. The van der Waals surface area contributed by atoms with Crippen LogP contribution in [0, 0.1) is 6.92 Å². The van der Waals surface area contributed by atoms with Gasteiger partial charge in [-0.1, -0.05) is 6.07 Å². The fourth-order valence-corrected chi connectivity index (χ4v) is 2.99. The third-order valence-corrected chi connectivity index (χ3v) is 3.73. The average Bonchev–Trinajstić information content (AvgIpc) is 2.49. The number of nitrogens with two attached hydrogens (primary N) is 1. The van der Waals surface area contributed by atoms with Crippen LogP contribution in [0.2, 0.25) is 0 Å². The maximum absolute atomic E-state index is 5.80. The lowest BCUT2D eigenvalue weighted by Gasteiger charge is -2.03. The SMILES string of the molecule is Cc1cc(N)cc(-c2cscc2Br)c1. The second-order valence-corrected chi connectivity index (χ2v) is 4.86. The molecule has 1 aromatic carbocycles. The summed E-state index contributed by atoms with van der Waals surface area (Å²) in [6.45, 7) is 2.06. The second kappa shape index (κ2) is 3.75. The molecule has 72 valence electrons. The van der Waals surface area contributed by atoms with Crippen LogP contribution in [-0.2, 0) is 0 Å². The Hall–Kier alpha value is -0.800. The van der Waals surface area contributed by atoms with Gasteiger partial charge in [0.25, 0.3) is 0 Å². The number of rotatable bonds is 1. The molecule has 0 spiro atoms. The first-order valence-corrected chi connectivity index (χ1v) is 5.99. The van der Waals surface area contributed by atoms with Crippen LogP contribution in [0.4, 0.5) is 5.69 Å². The minimum atomic E-state index is 0.818. The smallest absolute Gasteiger partial charge is 0.0360 e. The lowest BCUT2D eigenvalue weighted by atomic mass is 10.1. The summed E-state index contributed by atoms with van der Waals surface area (Å²) in [5.74, 6) is 0. The first-order valence-electron chi connectivity index (χ1n) is 4.26. The molecule has 2 aromatic rings. The largest absolute Gasteiger partial charge is 0.399 e. The van der Waals surface area contributed by atoms with Crippen molar-refractivity contribution in [3.8, 4) is 11.1 Å². The number of nitrogen functional groups attached to an aromatic ring is 1. The van der Waals surface area contributed by atoms with Crippen molar-refractivity contribution in [2.45, 2.75) is 6.92 Å². The van der Waals surface area contributed by atoms with Crippen LogP contribution in [0.3, 0.4) is 0 Å². The first kappa shape index (κ1) is 9.74. The number of aryl methyl sites for hydroxylation is 1. The predicted octanol–water partition coefficient (Wildman–Crippen LogP) is 4.07. The van der Waals surface area contributed by atoms with Crippen molar-refractivity contribution in [1.29, 1.82) is 0 Å². The van der Waals surface area contributed by atoms with Crippen molar-refractivity contribution in [2.75, 3.05) is 5.73 Å². The maximum Gasteiger partial charge on any atom is 0.0360 e. The molecule has 0 unspecified atom stereocenters. The van der Waals surface area contributed by atoms with E-state index < -0.39 is 0 Å². The van der Waals surface area contributed by atoms with Crippen LogP contribution in [0.5, 0.6) is 0 Å². The molecule has 0 bridgehead atoms. The molecule has 2 rings (SSSR count). The number of hydrogen-bond acceptors (Lipinski definition) is 2. The predicted molar refractivity (Wildman–Crippen MR) is 66.6 cm³/mol. The van der Waals surface area contributed by atoms with Gasteiger partial charge in [-0.3, -0.25) is 0 Å². The molecule has 0 saturated carbocycles. The Morgan fingerprint density at radius 2 is 2.00 bits per heavy atom. The van der Waals surface area contributed by atoms with E-state index in [0.717, 1.165) is 10.2 Å². The lowest BCUT2D eigenvalue weighted by Crippen LogP contribution is -1.87. The van der Waals surface area contributed by atoms with Gasteiger partial charge in [0.2, 0.25) is 0 Å². The second-order valence-electron chi connectivity index (χ2n) is 3.27. The highest BCUT2D eigenvalue weighted by molar-refractivity contribution is 9.10. The topological polar surface area (TPSA) is 26.0 Å². The van der Waals surface area contributed by atoms with E-state index >= 15 is 0 Å². The lowest BCUT2D eigenvalue weighted by molar-refractivity contribution is 1.47. The molecular formula is C11H10BrNS. The Morgan fingerprint density at radius 3 is 2.57 bits per heavy atom. The van der Waals surface area contributed by atoms with Crippen LogP contribution in [0.25, 0.3) is 11.1 Å². The zero-order chi connectivity index (χ0) is 10.1. The normalized spacial score (nSPS) is 10.4. The van der Waals surface area contributed by atoms with Crippen LogP contribution in [0.1, 0.15) is 5.56 Å². The van der Waals surface area contributed by atoms with E-state index in [4.69, 9.17) is 5.73 Å². The first-order chi connectivity index (χ1) is 6.66. The van der Waals surface area contributed by atoms with Gasteiger partial charge in [-0.25, -0.2) is 0 Å². The van der Waals surface area contributed by atoms with Gasteiger partial charge in [0.15, 0.2) is 0 Å². The molecule has 14 heavy (non-hydrogen) atoms. The summed E-state index contributed by atoms with van der Waals surface area (Å²) >= 11 is 5.21. The minimum Gasteiger partial charge on any atom is -0.399 e. The van der Waals surface area contributed by atoms with Crippen molar-refractivity contribution < 1.29 is 0 Å². The molecule has 0 radical (unpaired) electrons. The molecule has 0 atom stereocenters. The molecule has 0 saturated heterocycles. The zero-order valence-corrected chi connectivity index (χ0v) is 10.2. The van der Waals surface area contributed by atoms with E-state index in [1.54, 1.807) is 11.3 Å². The van der Waals surface area contributed by atoms with Crippen LogP contribution in [0.15, 0.2) is 33.4 Å². The van der Waals surface area contributed by atoms with Gasteiger partial charge in [0, 0.05) is 21.1 Å². The van der Waals surface area contributed by atoms with Gasteiger partial charge in [-0.15, -0.1) is 0 Å². The molecule has 1 heterocycles. The van der Waals surface area contributed by atoms with Gasteiger partial charge in [0.05, 0.1) is 0 Å². The Morgan fingerprint density at radius 1 is 1.21 bits per heavy atom. The van der Waals surface area contributed by atoms with Crippen molar-refractivity contribution in [3.63, 3.8) is 0 Å². The highest BCUT2D eigenvalue weighted by atomic mass is 79.9. The van der Waals surface area contributed by atoms with Gasteiger partial charge in [-0.2, -0.15) is 11.3 Å². The minimum absolute atomic E-state index is 0.818. The number of thiophene rings is 1. The fraction of sp³-hybridized carbons (Fsp3) is 0.0909. The summed E-state index contributed by atoms with van der Waals surface area (Å²) in [7, 11) is 0. The summed E-state index contributed by atoms with van der Waals surface area (Å²) in [4.78, 5) is 0. The molecule has 0 fully saturated rings. The molecule has 1 aromatic heterocycles. The van der Waals surface area contributed by atoms with Crippen molar-refractivity contribution in [2.24, 2.45) is 0 Å².